The fraction of sp³-hybridized carbons (Fsp3) is 0.238. The second kappa shape index (κ2) is 5.04. The van der Waals surface area contributed by atoms with Crippen molar-refractivity contribution in [3.05, 3.63) is 77.4 Å². The zero-order chi connectivity index (χ0) is 15.0. The largest absolute Gasteiger partial charge is 0.0616 e. The van der Waals surface area contributed by atoms with E-state index in [1.165, 1.54) is 33.1 Å². The van der Waals surface area contributed by atoms with E-state index in [9.17, 15) is 0 Å². The van der Waals surface area contributed by atoms with Crippen LogP contribution in [-0.4, -0.2) is 0 Å². The normalized spacial score (nSPS) is 17.2. The molecule has 0 spiro atoms. The van der Waals surface area contributed by atoms with Gasteiger partial charge in [-0.05, 0) is 45.4 Å². The molecule has 0 bridgehead atoms. The van der Waals surface area contributed by atoms with Crippen LogP contribution in [-0.2, 0) is 0 Å². The molecule has 3 rings (SSSR count). The third-order valence-electron chi connectivity index (χ3n) is 4.25. The van der Waals surface area contributed by atoms with Crippen molar-refractivity contribution in [2.24, 2.45) is 5.41 Å². The zero-order valence-corrected chi connectivity index (χ0v) is 13.3. The number of hydrogen-bond donors (Lipinski definition) is 0. The lowest BCUT2D eigenvalue weighted by Gasteiger charge is -2.18. The van der Waals surface area contributed by atoms with Gasteiger partial charge in [0.2, 0.25) is 0 Å². The highest BCUT2D eigenvalue weighted by Gasteiger charge is 2.18. The van der Waals surface area contributed by atoms with Crippen LogP contribution in [0.3, 0.4) is 0 Å². The van der Waals surface area contributed by atoms with Gasteiger partial charge in [0.25, 0.3) is 0 Å². The van der Waals surface area contributed by atoms with Gasteiger partial charge >= 0.3 is 0 Å². The molecule has 0 amide bonds. The summed E-state index contributed by atoms with van der Waals surface area (Å²) >= 11 is 0. The number of allylic oxidation sites excluding steroid dienone is 6. The summed E-state index contributed by atoms with van der Waals surface area (Å²) in [5.74, 6) is 0. The Morgan fingerprint density at radius 3 is 2.29 bits per heavy atom. The second-order valence-corrected chi connectivity index (χ2v) is 6.79. The van der Waals surface area contributed by atoms with Gasteiger partial charge in [-0.1, -0.05) is 81.5 Å². The molecule has 0 N–H and O–H groups in total. The third-order valence-corrected chi connectivity index (χ3v) is 4.25. The van der Waals surface area contributed by atoms with Crippen molar-refractivity contribution in [3.63, 3.8) is 0 Å². The highest BCUT2D eigenvalue weighted by atomic mass is 14.2. The summed E-state index contributed by atoms with van der Waals surface area (Å²) in [5, 5.41) is 2.63. The van der Waals surface area contributed by atoms with Crippen LogP contribution >= 0.6 is 0 Å². The molecule has 0 heterocycles. The van der Waals surface area contributed by atoms with E-state index in [-0.39, 0.29) is 5.41 Å². The smallest absolute Gasteiger partial charge is 0.0109 e. The quantitative estimate of drug-likeness (QED) is 0.584. The number of benzene rings is 2. The predicted molar refractivity (Wildman–Crippen MR) is 93.2 cm³/mol. The minimum Gasteiger partial charge on any atom is -0.0616 e. The van der Waals surface area contributed by atoms with Gasteiger partial charge in [-0.2, -0.15) is 0 Å². The first-order valence-corrected chi connectivity index (χ1v) is 7.56. The maximum absolute atomic E-state index is 2.33. The molecule has 0 aromatic heterocycles. The molecule has 0 aliphatic heterocycles. The SMILES string of the molecule is CC(=C1C=CC(C(C)(C)C)=C1)c1cccc2ccccc12. The first kappa shape index (κ1) is 13.9. The van der Waals surface area contributed by atoms with E-state index in [1.54, 1.807) is 0 Å². The van der Waals surface area contributed by atoms with Crippen molar-refractivity contribution < 1.29 is 0 Å². The first-order chi connectivity index (χ1) is 9.97. The molecular weight excluding hydrogens is 252 g/mol. The average molecular weight is 274 g/mol. The van der Waals surface area contributed by atoms with Crippen LogP contribution in [0.2, 0.25) is 0 Å². The standard InChI is InChI=1S/C21H22/c1-15(17-12-13-18(14-17)21(2,3)4)19-11-7-9-16-8-5-6-10-20(16)19/h5-14H,1-4H3. The predicted octanol–water partition coefficient (Wildman–Crippen LogP) is 6.16. The van der Waals surface area contributed by atoms with Crippen molar-refractivity contribution in [2.45, 2.75) is 27.7 Å². The van der Waals surface area contributed by atoms with Crippen LogP contribution in [0.5, 0.6) is 0 Å². The molecule has 0 atom stereocenters. The summed E-state index contributed by atoms with van der Waals surface area (Å²) in [7, 11) is 0. The molecular formula is C21H22. The topological polar surface area (TPSA) is 0 Å². The van der Waals surface area contributed by atoms with E-state index in [0.717, 1.165) is 0 Å². The van der Waals surface area contributed by atoms with Gasteiger partial charge in [0.05, 0.1) is 0 Å². The summed E-state index contributed by atoms with van der Waals surface area (Å²) in [6.45, 7) is 9.02. The fourth-order valence-corrected chi connectivity index (χ4v) is 2.85. The van der Waals surface area contributed by atoms with Crippen LogP contribution in [0.15, 0.2) is 71.8 Å². The first-order valence-electron chi connectivity index (χ1n) is 7.56. The molecule has 0 saturated heterocycles. The Labute approximate surface area is 127 Å². The molecule has 2 aromatic carbocycles. The molecule has 106 valence electrons. The molecule has 0 saturated carbocycles. The molecule has 0 nitrogen and oxygen atoms in total. The summed E-state index contributed by atoms with van der Waals surface area (Å²) in [6, 6.07) is 15.2. The van der Waals surface area contributed by atoms with E-state index in [1.807, 2.05) is 0 Å². The van der Waals surface area contributed by atoms with Gasteiger partial charge in [-0.3, -0.25) is 0 Å². The van der Waals surface area contributed by atoms with Crippen molar-refractivity contribution in [1.82, 2.24) is 0 Å². The van der Waals surface area contributed by atoms with Crippen LogP contribution in [0, 0.1) is 5.41 Å². The highest BCUT2D eigenvalue weighted by molar-refractivity contribution is 5.95. The van der Waals surface area contributed by atoms with E-state index in [2.05, 4.69) is 88.4 Å². The second-order valence-electron chi connectivity index (χ2n) is 6.79. The maximum Gasteiger partial charge on any atom is -0.0109 e. The lowest BCUT2D eigenvalue weighted by Crippen LogP contribution is -2.05. The van der Waals surface area contributed by atoms with Crippen molar-refractivity contribution in [3.8, 4) is 0 Å². The molecule has 0 unspecified atom stereocenters. The number of rotatable bonds is 1. The van der Waals surface area contributed by atoms with E-state index in [0.29, 0.717) is 0 Å². The van der Waals surface area contributed by atoms with Gasteiger partial charge in [0.15, 0.2) is 0 Å². The molecule has 1 aliphatic rings. The van der Waals surface area contributed by atoms with Gasteiger partial charge in [-0.25, -0.2) is 0 Å². The monoisotopic (exact) mass is 274 g/mol. The Hall–Kier alpha value is -2.08. The van der Waals surface area contributed by atoms with E-state index in [4.69, 9.17) is 0 Å². The van der Waals surface area contributed by atoms with Crippen LogP contribution in [0.25, 0.3) is 16.3 Å². The van der Waals surface area contributed by atoms with Crippen molar-refractivity contribution >= 4 is 16.3 Å². The summed E-state index contributed by atoms with van der Waals surface area (Å²) in [5.41, 5.74) is 5.62. The Bertz CT molecular complexity index is 772. The lowest BCUT2D eigenvalue weighted by molar-refractivity contribution is 0.518. The Balaban J connectivity index is 2.14. The van der Waals surface area contributed by atoms with Gasteiger partial charge in [0, 0.05) is 0 Å². The van der Waals surface area contributed by atoms with Crippen LogP contribution in [0.1, 0.15) is 33.3 Å². The maximum atomic E-state index is 2.33. The lowest BCUT2D eigenvalue weighted by atomic mass is 9.87. The van der Waals surface area contributed by atoms with Crippen LogP contribution in [0.4, 0.5) is 0 Å². The van der Waals surface area contributed by atoms with Gasteiger partial charge < -0.3 is 0 Å². The number of fused-ring (bicyclic) bond motifs is 1. The van der Waals surface area contributed by atoms with Gasteiger partial charge in [0.1, 0.15) is 0 Å². The van der Waals surface area contributed by atoms with Gasteiger partial charge in [-0.15, -0.1) is 0 Å². The van der Waals surface area contributed by atoms with Crippen molar-refractivity contribution in [1.29, 1.82) is 0 Å². The molecule has 0 heteroatoms. The zero-order valence-electron chi connectivity index (χ0n) is 13.3. The average Bonchev–Trinajstić information content (AvgIpc) is 2.96. The minimum atomic E-state index is 0.206. The number of hydrogen-bond acceptors (Lipinski definition) is 0. The summed E-state index contributed by atoms with van der Waals surface area (Å²) in [4.78, 5) is 0. The highest BCUT2D eigenvalue weighted by Crippen LogP contribution is 2.35. The summed E-state index contributed by atoms with van der Waals surface area (Å²) in [6.07, 6.45) is 6.83. The molecule has 21 heavy (non-hydrogen) atoms. The Morgan fingerprint density at radius 2 is 1.57 bits per heavy atom. The molecule has 0 radical (unpaired) electrons. The summed E-state index contributed by atoms with van der Waals surface area (Å²) < 4.78 is 0. The van der Waals surface area contributed by atoms with Crippen molar-refractivity contribution in [2.75, 3.05) is 0 Å². The fourth-order valence-electron chi connectivity index (χ4n) is 2.85. The van der Waals surface area contributed by atoms with E-state index >= 15 is 0 Å². The minimum absolute atomic E-state index is 0.206. The Kier molecular flexibility index (Phi) is 3.33. The molecule has 2 aromatic rings. The molecule has 1 aliphatic carbocycles. The third kappa shape index (κ3) is 2.58. The van der Waals surface area contributed by atoms with E-state index < -0.39 is 0 Å². The van der Waals surface area contributed by atoms with Crippen LogP contribution < -0.4 is 0 Å². The Morgan fingerprint density at radius 1 is 0.857 bits per heavy atom. The molecule has 0 fully saturated rings.